The van der Waals surface area contributed by atoms with E-state index in [1.807, 2.05) is 6.07 Å². The highest BCUT2D eigenvalue weighted by atomic mass is 35.5. The molecule has 61 heavy (non-hydrogen) atoms. The molecule has 1 nitrogen and oxygen atoms in total. The first-order chi connectivity index (χ1) is 30.0. The van der Waals surface area contributed by atoms with E-state index in [1.54, 1.807) is 0 Å². The molecule has 0 aromatic heterocycles. The number of benzene rings is 9. The number of aryl methyl sites for hydroxylation is 1. The van der Waals surface area contributed by atoms with E-state index in [9.17, 15) is 0 Å². The van der Waals surface area contributed by atoms with Crippen LogP contribution in [-0.2, 0) is 6.42 Å². The lowest BCUT2D eigenvalue weighted by molar-refractivity contribution is 0.362. The molecule has 298 valence electrons. The Morgan fingerprint density at radius 2 is 1.20 bits per heavy atom. The molecule has 1 aliphatic heterocycles. The van der Waals surface area contributed by atoms with Gasteiger partial charge in [-0.3, -0.25) is 4.99 Å². The summed E-state index contributed by atoms with van der Waals surface area (Å²) in [5.74, 6) is 1.22. The van der Waals surface area contributed by atoms with Crippen LogP contribution in [0.4, 0.5) is 0 Å². The molecule has 0 amide bonds. The van der Waals surface area contributed by atoms with Gasteiger partial charge in [-0.25, -0.2) is 0 Å². The van der Waals surface area contributed by atoms with Crippen LogP contribution in [-0.4, -0.2) is 5.71 Å². The van der Waals surface area contributed by atoms with Crippen LogP contribution in [0, 0.1) is 11.8 Å². The van der Waals surface area contributed by atoms with Crippen molar-refractivity contribution in [3.63, 3.8) is 0 Å². The fraction of sp³-hybridized carbons (Fsp3) is 0.203. The average Bonchev–Trinajstić information content (AvgIpc) is 3.46. The highest BCUT2D eigenvalue weighted by molar-refractivity contribution is 6.35. The first-order valence-electron chi connectivity index (χ1n) is 22.4. The summed E-state index contributed by atoms with van der Waals surface area (Å²) in [5, 5.41) is 11.0. The molecular formula is C59H50ClN. The Morgan fingerprint density at radius 3 is 2.10 bits per heavy atom. The van der Waals surface area contributed by atoms with Crippen LogP contribution in [0.25, 0.3) is 54.2 Å². The minimum Gasteiger partial charge on any atom is -0.280 e. The van der Waals surface area contributed by atoms with Gasteiger partial charge >= 0.3 is 0 Å². The third-order valence-electron chi connectivity index (χ3n) is 14.4. The predicted octanol–water partition coefficient (Wildman–Crippen LogP) is 16.5. The largest absolute Gasteiger partial charge is 0.280 e. The predicted molar refractivity (Wildman–Crippen MR) is 261 cm³/mol. The Bertz CT molecular complexity index is 3140. The summed E-state index contributed by atoms with van der Waals surface area (Å²) in [7, 11) is 0. The molecule has 9 aromatic rings. The normalized spacial score (nSPS) is 20.4. The van der Waals surface area contributed by atoms with E-state index < -0.39 is 0 Å². The van der Waals surface area contributed by atoms with E-state index in [0.717, 1.165) is 42.5 Å². The van der Waals surface area contributed by atoms with Crippen molar-refractivity contribution in [3.05, 3.63) is 214 Å². The fourth-order valence-corrected chi connectivity index (χ4v) is 11.5. The third-order valence-corrected chi connectivity index (χ3v) is 14.7. The smallest absolute Gasteiger partial charge is 0.0778 e. The van der Waals surface area contributed by atoms with E-state index in [-0.39, 0.29) is 17.9 Å². The summed E-state index contributed by atoms with van der Waals surface area (Å²) < 4.78 is 0. The number of aliphatic imine (C=N–C) groups is 1. The minimum absolute atomic E-state index is 0.0869. The molecule has 9 aromatic carbocycles. The van der Waals surface area contributed by atoms with Crippen molar-refractivity contribution in [2.75, 3.05) is 0 Å². The highest BCUT2D eigenvalue weighted by Gasteiger charge is 2.34. The zero-order valence-electron chi connectivity index (χ0n) is 35.0. The van der Waals surface area contributed by atoms with Gasteiger partial charge in [0.05, 0.1) is 6.04 Å². The zero-order valence-corrected chi connectivity index (χ0v) is 35.7. The van der Waals surface area contributed by atoms with Crippen LogP contribution < -0.4 is 0 Å². The van der Waals surface area contributed by atoms with Crippen molar-refractivity contribution >= 4 is 60.4 Å². The van der Waals surface area contributed by atoms with E-state index in [2.05, 4.69) is 184 Å². The zero-order chi connectivity index (χ0) is 41.0. The average molecular weight is 809 g/mol. The molecule has 0 fully saturated rings. The molecule has 5 atom stereocenters. The molecule has 5 unspecified atom stereocenters. The number of halogens is 1. The number of hydrogen-bond acceptors (Lipinski definition) is 1. The summed E-state index contributed by atoms with van der Waals surface area (Å²) in [4.78, 5) is 6.00. The Balaban J connectivity index is 1.07. The van der Waals surface area contributed by atoms with E-state index in [0.29, 0.717) is 11.8 Å². The summed E-state index contributed by atoms with van der Waals surface area (Å²) in [5.41, 5.74) is 12.1. The van der Waals surface area contributed by atoms with Crippen molar-refractivity contribution < 1.29 is 0 Å². The molecular weight excluding hydrogens is 758 g/mol. The van der Waals surface area contributed by atoms with Gasteiger partial charge in [0.15, 0.2) is 0 Å². The minimum atomic E-state index is 0.0869. The Hall–Kier alpha value is -6.02. The third kappa shape index (κ3) is 6.66. The quantitative estimate of drug-likeness (QED) is 0.154. The van der Waals surface area contributed by atoms with E-state index >= 15 is 0 Å². The van der Waals surface area contributed by atoms with Crippen molar-refractivity contribution in [2.24, 2.45) is 16.8 Å². The molecule has 2 heteroatoms. The summed E-state index contributed by atoms with van der Waals surface area (Å²) >= 11 is 6.80. The maximum Gasteiger partial charge on any atom is 0.0778 e. The van der Waals surface area contributed by atoms with Gasteiger partial charge in [0, 0.05) is 33.5 Å². The van der Waals surface area contributed by atoms with Crippen LogP contribution in [0.5, 0.6) is 0 Å². The lowest BCUT2D eigenvalue weighted by atomic mass is 9.72. The van der Waals surface area contributed by atoms with Gasteiger partial charge in [-0.15, -0.1) is 0 Å². The molecule has 0 bridgehead atoms. The van der Waals surface area contributed by atoms with Gasteiger partial charge in [0.1, 0.15) is 0 Å². The maximum absolute atomic E-state index is 6.80. The van der Waals surface area contributed by atoms with Crippen molar-refractivity contribution in [1.82, 2.24) is 0 Å². The van der Waals surface area contributed by atoms with Gasteiger partial charge in [-0.05, 0) is 133 Å². The monoisotopic (exact) mass is 807 g/mol. The molecule has 0 N–H and O–H groups in total. The van der Waals surface area contributed by atoms with Gasteiger partial charge in [-0.1, -0.05) is 189 Å². The second-order valence-electron chi connectivity index (χ2n) is 17.7. The van der Waals surface area contributed by atoms with E-state index in [1.165, 1.54) is 87.9 Å². The first-order valence-corrected chi connectivity index (χ1v) is 22.8. The number of fused-ring (bicyclic) bond motifs is 8. The van der Waals surface area contributed by atoms with Gasteiger partial charge in [-0.2, -0.15) is 0 Å². The van der Waals surface area contributed by atoms with Gasteiger partial charge in [0.25, 0.3) is 0 Å². The molecule has 0 radical (unpaired) electrons. The summed E-state index contributed by atoms with van der Waals surface area (Å²) in [6.07, 6.45) is 5.29. The molecule has 2 aliphatic rings. The van der Waals surface area contributed by atoms with Crippen LogP contribution in [0.3, 0.4) is 0 Å². The number of hydrogen-bond donors (Lipinski definition) is 0. The first kappa shape index (κ1) is 37.9. The lowest BCUT2D eigenvalue weighted by Crippen LogP contribution is -2.28. The Kier molecular flexibility index (Phi) is 9.82. The SMILES string of the molecule is CCC1C(c2cccc3c(C4CCc5cc6cccc(Cl)c6cc5-c5ccccc54)cccc23)=NC(c2ccccc2)C(C)CCC1c1ccc2c(ccc3ccccc32)c1. The molecule has 1 heterocycles. The van der Waals surface area contributed by atoms with Crippen LogP contribution in [0.15, 0.2) is 181 Å². The number of nitrogens with zero attached hydrogens (tertiary/aromatic N) is 1. The van der Waals surface area contributed by atoms with Crippen LogP contribution in [0.2, 0.25) is 5.02 Å². The second kappa shape index (κ2) is 15.8. The molecule has 0 saturated carbocycles. The summed E-state index contributed by atoms with van der Waals surface area (Å²) in [6, 6.07) is 66.0. The molecule has 1 aliphatic carbocycles. The van der Waals surface area contributed by atoms with Crippen LogP contribution in [0.1, 0.15) is 90.8 Å². The van der Waals surface area contributed by atoms with Crippen molar-refractivity contribution in [1.29, 1.82) is 0 Å². The van der Waals surface area contributed by atoms with Crippen molar-refractivity contribution in [2.45, 2.75) is 63.8 Å². The Labute approximate surface area is 364 Å². The van der Waals surface area contributed by atoms with Crippen LogP contribution >= 0.6 is 11.6 Å². The van der Waals surface area contributed by atoms with Crippen molar-refractivity contribution in [3.8, 4) is 11.1 Å². The van der Waals surface area contributed by atoms with Gasteiger partial charge < -0.3 is 0 Å². The Morgan fingerprint density at radius 1 is 0.508 bits per heavy atom. The fourth-order valence-electron chi connectivity index (χ4n) is 11.3. The lowest BCUT2D eigenvalue weighted by Gasteiger charge is -2.35. The highest BCUT2D eigenvalue weighted by Crippen LogP contribution is 2.47. The van der Waals surface area contributed by atoms with Gasteiger partial charge in [0.2, 0.25) is 0 Å². The van der Waals surface area contributed by atoms with E-state index in [4.69, 9.17) is 16.6 Å². The molecule has 0 saturated heterocycles. The molecule has 11 rings (SSSR count). The second-order valence-corrected chi connectivity index (χ2v) is 18.1. The summed E-state index contributed by atoms with van der Waals surface area (Å²) in [6.45, 7) is 4.81. The molecule has 0 spiro atoms. The standard InChI is InChI=1S/C59H50ClN/c1-3-44-46(42-29-32-47-41(35-42)28-27-38-14-7-8-18-45(38)47)31-26-37(2)58(39-15-5-4-6-16-39)61-59(44)54-24-13-22-49-50(21-12-23-51(49)54)53-33-30-43-34-40-17-11-25-57(60)56(40)36-55(43)52-20-10-9-19-48(52)53/h4-25,27-29,32,34-37,44,46,53,58H,3,26,30-31,33H2,1-2H3. The number of rotatable bonds is 5. The topological polar surface area (TPSA) is 12.4 Å². The maximum atomic E-state index is 6.80.